The Balaban J connectivity index is 1.99. The lowest BCUT2D eigenvalue weighted by atomic mass is 10.0. The van der Waals surface area contributed by atoms with Crippen LogP contribution in [0.1, 0.15) is 0 Å². The first-order valence-corrected chi connectivity index (χ1v) is 11.5. The second-order valence-corrected chi connectivity index (χ2v) is 10.2. The maximum absolute atomic E-state index is 12.6. The highest BCUT2D eigenvalue weighted by atomic mass is 28.4. The van der Waals surface area contributed by atoms with Crippen molar-refractivity contribution in [3.05, 3.63) is 115 Å². The van der Waals surface area contributed by atoms with Crippen molar-refractivity contribution < 1.29 is 4.80 Å². The Labute approximate surface area is 165 Å². The molecule has 5 aromatic rings. The lowest BCUT2D eigenvalue weighted by molar-refractivity contribution is 0.584. The van der Waals surface area contributed by atoms with Gasteiger partial charge in [-0.25, -0.2) is 0 Å². The molecule has 5 aromatic carbocycles. The van der Waals surface area contributed by atoms with Crippen LogP contribution in [0.4, 0.5) is 0 Å². The third-order valence-corrected chi connectivity index (χ3v) is 9.12. The topological polar surface area (TPSA) is 20.2 Å². The Morgan fingerprint density at radius 3 is 1.32 bits per heavy atom. The molecule has 0 aliphatic heterocycles. The van der Waals surface area contributed by atoms with Crippen LogP contribution in [0, 0.1) is 0 Å². The van der Waals surface area contributed by atoms with Gasteiger partial charge in [0.15, 0.2) is 0 Å². The molecule has 0 amide bonds. The standard InChI is InChI=1S/C26H20OSi/c27-28(22-13-3-1-4-14-22,23-15-5-2-6-16-23)26-24-17-9-7-11-20(24)19-21-12-8-10-18-25(21)26/h1-19,27H. The number of rotatable bonds is 3. The van der Waals surface area contributed by atoms with E-state index in [0.717, 1.165) is 37.1 Å². The summed E-state index contributed by atoms with van der Waals surface area (Å²) in [5, 5.41) is 7.65. The average Bonchev–Trinajstić information content (AvgIpc) is 2.78. The van der Waals surface area contributed by atoms with Crippen molar-refractivity contribution in [1.82, 2.24) is 0 Å². The number of fused-ring (bicyclic) bond motifs is 2. The minimum Gasteiger partial charge on any atom is -0.421 e. The van der Waals surface area contributed by atoms with Crippen molar-refractivity contribution in [2.24, 2.45) is 0 Å². The molecule has 0 aliphatic carbocycles. The predicted molar refractivity (Wildman–Crippen MR) is 121 cm³/mol. The fraction of sp³-hybridized carbons (Fsp3) is 0. The maximum Gasteiger partial charge on any atom is 0.286 e. The van der Waals surface area contributed by atoms with E-state index in [-0.39, 0.29) is 0 Å². The van der Waals surface area contributed by atoms with Gasteiger partial charge in [-0.05, 0) is 43.2 Å². The van der Waals surface area contributed by atoms with Gasteiger partial charge in [0.1, 0.15) is 0 Å². The fourth-order valence-electron chi connectivity index (χ4n) is 4.22. The Hall–Kier alpha value is -3.20. The van der Waals surface area contributed by atoms with Gasteiger partial charge in [0.2, 0.25) is 0 Å². The summed E-state index contributed by atoms with van der Waals surface area (Å²) in [5.41, 5.74) is 0. The Morgan fingerprint density at radius 2 is 0.857 bits per heavy atom. The highest BCUT2D eigenvalue weighted by Crippen LogP contribution is 2.24. The number of benzene rings is 5. The molecule has 0 heterocycles. The van der Waals surface area contributed by atoms with Crippen LogP contribution in [0.2, 0.25) is 0 Å². The average molecular weight is 377 g/mol. The van der Waals surface area contributed by atoms with Crippen LogP contribution < -0.4 is 15.6 Å². The zero-order valence-electron chi connectivity index (χ0n) is 15.4. The normalized spacial score (nSPS) is 11.8. The van der Waals surface area contributed by atoms with E-state index in [0.29, 0.717) is 0 Å². The van der Waals surface area contributed by atoms with Crippen LogP contribution in [-0.4, -0.2) is 13.1 Å². The molecule has 0 bridgehead atoms. The van der Waals surface area contributed by atoms with Gasteiger partial charge in [0.25, 0.3) is 8.32 Å². The van der Waals surface area contributed by atoms with E-state index in [1.165, 1.54) is 0 Å². The quantitative estimate of drug-likeness (QED) is 0.287. The summed E-state index contributed by atoms with van der Waals surface area (Å²) in [6.07, 6.45) is 0. The molecule has 0 aromatic heterocycles. The molecule has 2 heteroatoms. The van der Waals surface area contributed by atoms with E-state index >= 15 is 0 Å². The summed E-state index contributed by atoms with van der Waals surface area (Å²) >= 11 is 0. The molecule has 134 valence electrons. The van der Waals surface area contributed by atoms with Crippen LogP contribution in [0.15, 0.2) is 115 Å². The summed E-state index contributed by atoms with van der Waals surface area (Å²) in [7, 11) is -3.21. The largest absolute Gasteiger partial charge is 0.421 e. The molecule has 5 rings (SSSR count). The van der Waals surface area contributed by atoms with E-state index in [9.17, 15) is 4.80 Å². The highest BCUT2D eigenvalue weighted by molar-refractivity contribution is 7.08. The van der Waals surface area contributed by atoms with Gasteiger partial charge >= 0.3 is 0 Å². The van der Waals surface area contributed by atoms with Crippen molar-refractivity contribution >= 4 is 45.4 Å². The lowest BCUT2D eigenvalue weighted by Crippen LogP contribution is -2.67. The second kappa shape index (κ2) is 6.75. The molecule has 1 N–H and O–H groups in total. The van der Waals surface area contributed by atoms with Crippen molar-refractivity contribution in [2.45, 2.75) is 0 Å². The van der Waals surface area contributed by atoms with Gasteiger partial charge in [0.05, 0.1) is 0 Å². The minimum absolute atomic E-state index is 1.00. The Bertz CT molecular complexity index is 1170. The van der Waals surface area contributed by atoms with Crippen LogP contribution in [-0.2, 0) is 0 Å². The van der Waals surface area contributed by atoms with E-state index in [2.05, 4.69) is 78.9 Å². The van der Waals surface area contributed by atoms with Gasteiger partial charge in [-0.3, -0.25) is 0 Å². The molecular formula is C26H20OSi. The molecule has 0 spiro atoms. The molecular weight excluding hydrogens is 356 g/mol. The van der Waals surface area contributed by atoms with E-state index in [4.69, 9.17) is 0 Å². The van der Waals surface area contributed by atoms with Gasteiger partial charge in [-0.15, -0.1) is 0 Å². The summed E-state index contributed by atoms with van der Waals surface area (Å²) in [5.74, 6) is 0. The first-order chi connectivity index (χ1) is 13.8. The highest BCUT2D eigenvalue weighted by Gasteiger charge is 2.40. The van der Waals surface area contributed by atoms with Crippen molar-refractivity contribution in [1.29, 1.82) is 0 Å². The molecule has 0 saturated heterocycles. The molecule has 28 heavy (non-hydrogen) atoms. The Morgan fingerprint density at radius 1 is 0.464 bits per heavy atom. The van der Waals surface area contributed by atoms with Crippen molar-refractivity contribution in [3.63, 3.8) is 0 Å². The molecule has 0 saturated carbocycles. The van der Waals surface area contributed by atoms with Gasteiger partial charge in [-0.1, -0.05) is 109 Å². The molecule has 1 nitrogen and oxygen atoms in total. The fourth-order valence-corrected chi connectivity index (χ4v) is 7.71. The molecule has 0 aliphatic rings. The summed E-state index contributed by atoms with van der Waals surface area (Å²) in [6.45, 7) is 0. The Kier molecular flexibility index (Phi) is 4.08. The molecule has 0 fully saturated rings. The first kappa shape index (κ1) is 16.9. The van der Waals surface area contributed by atoms with Crippen LogP contribution in [0.5, 0.6) is 0 Å². The van der Waals surface area contributed by atoms with Crippen molar-refractivity contribution in [2.75, 3.05) is 0 Å². The summed E-state index contributed by atoms with van der Waals surface area (Å²) < 4.78 is 0. The molecule has 0 unspecified atom stereocenters. The predicted octanol–water partition coefficient (Wildman–Crippen LogP) is 3.95. The molecule has 0 atom stereocenters. The third-order valence-electron chi connectivity index (χ3n) is 5.52. The number of hydrogen-bond acceptors (Lipinski definition) is 1. The monoisotopic (exact) mass is 376 g/mol. The van der Waals surface area contributed by atoms with Gasteiger partial charge < -0.3 is 4.80 Å². The third kappa shape index (κ3) is 2.58. The van der Waals surface area contributed by atoms with Crippen molar-refractivity contribution in [3.8, 4) is 0 Å². The maximum atomic E-state index is 12.6. The van der Waals surface area contributed by atoms with E-state index < -0.39 is 8.32 Å². The number of hydrogen-bond donors (Lipinski definition) is 1. The van der Waals surface area contributed by atoms with Crippen LogP contribution >= 0.6 is 0 Å². The minimum atomic E-state index is -3.21. The lowest BCUT2D eigenvalue weighted by Gasteiger charge is -2.29. The van der Waals surface area contributed by atoms with Crippen LogP contribution in [0.3, 0.4) is 0 Å². The van der Waals surface area contributed by atoms with E-state index in [1.54, 1.807) is 0 Å². The first-order valence-electron chi connectivity index (χ1n) is 9.53. The SMILES string of the molecule is O[Si](c1ccccc1)(c1ccccc1)c1c2ccccc2cc2ccccc12. The molecule has 0 radical (unpaired) electrons. The zero-order chi connectivity index (χ0) is 19.0. The summed E-state index contributed by atoms with van der Waals surface area (Å²) in [4.78, 5) is 12.6. The smallest absolute Gasteiger partial charge is 0.286 e. The zero-order valence-corrected chi connectivity index (χ0v) is 16.4. The summed E-state index contributed by atoms with van der Waals surface area (Å²) in [6, 6.07) is 39.4. The van der Waals surface area contributed by atoms with Crippen LogP contribution in [0.25, 0.3) is 21.5 Å². The van der Waals surface area contributed by atoms with E-state index in [1.807, 2.05) is 36.4 Å². The van der Waals surface area contributed by atoms with Gasteiger partial charge in [-0.2, -0.15) is 0 Å². The van der Waals surface area contributed by atoms with Gasteiger partial charge in [0, 0.05) is 0 Å². The second-order valence-electron chi connectivity index (χ2n) is 7.14.